The van der Waals surface area contributed by atoms with Gasteiger partial charge in [0.05, 0.1) is 5.69 Å². The fourth-order valence-electron chi connectivity index (χ4n) is 3.24. The van der Waals surface area contributed by atoms with Crippen LogP contribution in [-0.4, -0.2) is 15.5 Å². The minimum atomic E-state index is -0.139. The Morgan fingerprint density at radius 3 is 2.71 bits per heavy atom. The first-order valence-electron chi connectivity index (χ1n) is 9.27. The molecule has 0 fully saturated rings. The maximum absolute atomic E-state index is 12.9. The van der Waals surface area contributed by atoms with Crippen LogP contribution in [-0.2, 0) is 13.2 Å². The molecule has 0 radical (unpaired) electrons. The summed E-state index contributed by atoms with van der Waals surface area (Å²) >= 11 is 0. The SMILES string of the molecule is CCn1c(C(=O)Nc2cccc(OCc3ccccn3)c2)cc2ccccc21. The Morgan fingerprint density at radius 1 is 1.04 bits per heavy atom. The normalized spacial score (nSPS) is 10.8. The number of hydrogen-bond acceptors (Lipinski definition) is 3. The third-order valence-electron chi connectivity index (χ3n) is 4.56. The summed E-state index contributed by atoms with van der Waals surface area (Å²) in [6.07, 6.45) is 1.74. The van der Waals surface area contributed by atoms with Crippen LogP contribution in [0.2, 0.25) is 0 Å². The Morgan fingerprint density at radius 2 is 1.89 bits per heavy atom. The molecule has 5 nitrogen and oxygen atoms in total. The predicted octanol–water partition coefficient (Wildman–Crippen LogP) is 4.89. The number of anilines is 1. The van der Waals surface area contributed by atoms with Gasteiger partial charge in [0.25, 0.3) is 5.91 Å². The number of pyridine rings is 1. The fraction of sp³-hybridized carbons (Fsp3) is 0.130. The molecule has 0 unspecified atom stereocenters. The van der Waals surface area contributed by atoms with E-state index in [2.05, 4.69) is 10.3 Å². The Labute approximate surface area is 163 Å². The van der Waals surface area contributed by atoms with Crippen molar-refractivity contribution in [1.82, 2.24) is 9.55 Å². The van der Waals surface area contributed by atoms with Gasteiger partial charge in [-0.15, -0.1) is 0 Å². The van der Waals surface area contributed by atoms with Gasteiger partial charge in [0, 0.05) is 35.4 Å². The van der Waals surface area contributed by atoms with E-state index in [1.54, 1.807) is 6.20 Å². The van der Waals surface area contributed by atoms with E-state index in [1.165, 1.54) is 0 Å². The van der Waals surface area contributed by atoms with Gasteiger partial charge in [-0.3, -0.25) is 9.78 Å². The number of benzene rings is 2. The van der Waals surface area contributed by atoms with E-state index in [0.29, 0.717) is 23.7 Å². The van der Waals surface area contributed by atoms with E-state index in [0.717, 1.165) is 23.1 Å². The Balaban J connectivity index is 1.51. The number of nitrogens with zero attached hydrogens (tertiary/aromatic N) is 2. The van der Waals surface area contributed by atoms with Crippen molar-refractivity contribution in [2.24, 2.45) is 0 Å². The summed E-state index contributed by atoms with van der Waals surface area (Å²) in [5.74, 6) is 0.541. The second-order valence-electron chi connectivity index (χ2n) is 6.42. The second-order valence-corrected chi connectivity index (χ2v) is 6.42. The molecule has 1 N–H and O–H groups in total. The van der Waals surface area contributed by atoms with Crippen LogP contribution in [0.25, 0.3) is 10.9 Å². The van der Waals surface area contributed by atoms with Crippen molar-refractivity contribution in [3.05, 3.63) is 90.4 Å². The number of ether oxygens (including phenoxy) is 1. The molecule has 0 atom stereocenters. The van der Waals surface area contributed by atoms with Crippen LogP contribution in [0.15, 0.2) is 79.0 Å². The lowest BCUT2D eigenvalue weighted by Gasteiger charge is -2.11. The summed E-state index contributed by atoms with van der Waals surface area (Å²) in [6, 6.07) is 23.0. The number of hydrogen-bond donors (Lipinski definition) is 1. The monoisotopic (exact) mass is 371 g/mol. The topological polar surface area (TPSA) is 56.2 Å². The molecular weight excluding hydrogens is 350 g/mol. The van der Waals surface area contributed by atoms with Crippen LogP contribution in [0, 0.1) is 0 Å². The number of rotatable bonds is 6. The molecule has 4 rings (SSSR count). The fourth-order valence-corrected chi connectivity index (χ4v) is 3.24. The highest BCUT2D eigenvalue weighted by atomic mass is 16.5. The van der Waals surface area contributed by atoms with Gasteiger partial charge < -0.3 is 14.6 Å². The van der Waals surface area contributed by atoms with Gasteiger partial charge in [-0.1, -0.05) is 30.3 Å². The Kier molecular flexibility index (Phi) is 5.06. The number of nitrogens with one attached hydrogen (secondary N) is 1. The van der Waals surface area contributed by atoms with Crippen molar-refractivity contribution >= 4 is 22.5 Å². The van der Waals surface area contributed by atoms with Gasteiger partial charge in [-0.25, -0.2) is 0 Å². The lowest BCUT2D eigenvalue weighted by molar-refractivity contribution is 0.101. The van der Waals surface area contributed by atoms with Crippen LogP contribution in [0.3, 0.4) is 0 Å². The van der Waals surface area contributed by atoms with Crippen LogP contribution in [0.4, 0.5) is 5.69 Å². The van der Waals surface area contributed by atoms with Gasteiger partial charge >= 0.3 is 0 Å². The summed E-state index contributed by atoms with van der Waals surface area (Å²) in [5, 5.41) is 4.03. The molecule has 0 aliphatic heterocycles. The molecule has 28 heavy (non-hydrogen) atoms. The smallest absolute Gasteiger partial charge is 0.272 e. The first-order chi connectivity index (χ1) is 13.7. The molecule has 4 aromatic rings. The molecule has 2 aromatic carbocycles. The molecule has 5 heteroatoms. The number of amides is 1. The summed E-state index contributed by atoms with van der Waals surface area (Å²) in [5.41, 5.74) is 3.24. The highest BCUT2D eigenvalue weighted by molar-refractivity contribution is 6.06. The van der Waals surface area contributed by atoms with E-state index in [-0.39, 0.29) is 5.91 Å². The number of aromatic nitrogens is 2. The van der Waals surface area contributed by atoms with E-state index < -0.39 is 0 Å². The molecule has 1 amide bonds. The molecular formula is C23H21N3O2. The van der Waals surface area contributed by atoms with Crippen molar-refractivity contribution in [2.45, 2.75) is 20.1 Å². The van der Waals surface area contributed by atoms with E-state index >= 15 is 0 Å². The zero-order valence-electron chi connectivity index (χ0n) is 15.6. The first kappa shape index (κ1) is 17.8. The molecule has 0 bridgehead atoms. The third-order valence-corrected chi connectivity index (χ3v) is 4.56. The van der Waals surface area contributed by atoms with E-state index in [9.17, 15) is 4.79 Å². The molecule has 0 spiro atoms. The zero-order chi connectivity index (χ0) is 19.3. The minimum Gasteiger partial charge on any atom is -0.487 e. The van der Waals surface area contributed by atoms with Crippen molar-refractivity contribution in [1.29, 1.82) is 0 Å². The summed E-state index contributed by atoms with van der Waals surface area (Å²) in [6.45, 7) is 3.14. The Hall–Kier alpha value is -3.60. The van der Waals surface area contributed by atoms with Gasteiger partial charge in [-0.05, 0) is 43.3 Å². The Bertz CT molecular complexity index is 1100. The van der Waals surface area contributed by atoms with Crippen LogP contribution < -0.4 is 10.1 Å². The minimum absolute atomic E-state index is 0.139. The largest absolute Gasteiger partial charge is 0.487 e. The highest BCUT2D eigenvalue weighted by Gasteiger charge is 2.15. The molecule has 0 saturated heterocycles. The second kappa shape index (κ2) is 7.96. The average molecular weight is 371 g/mol. The predicted molar refractivity (Wildman–Crippen MR) is 111 cm³/mol. The van der Waals surface area contributed by atoms with E-state index in [4.69, 9.17) is 4.74 Å². The number of carbonyl (C=O) groups excluding carboxylic acids is 1. The van der Waals surface area contributed by atoms with Crippen molar-refractivity contribution in [3.63, 3.8) is 0 Å². The summed E-state index contributed by atoms with van der Waals surface area (Å²) in [4.78, 5) is 17.1. The van der Waals surface area contributed by atoms with Crippen LogP contribution in [0.1, 0.15) is 23.1 Å². The van der Waals surface area contributed by atoms with Gasteiger partial charge in [0.2, 0.25) is 0 Å². The average Bonchev–Trinajstić information content (AvgIpc) is 3.12. The molecule has 140 valence electrons. The molecule has 2 aromatic heterocycles. The number of para-hydroxylation sites is 1. The van der Waals surface area contributed by atoms with Crippen molar-refractivity contribution < 1.29 is 9.53 Å². The number of carbonyl (C=O) groups is 1. The van der Waals surface area contributed by atoms with Crippen LogP contribution >= 0.6 is 0 Å². The van der Waals surface area contributed by atoms with E-state index in [1.807, 2.05) is 84.3 Å². The maximum atomic E-state index is 12.9. The van der Waals surface area contributed by atoms with Crippen LogP contribution in [0.5, 0.6) is 5.75 Å². The molecule has 0 saturated carbocycles. The summed E-state index contributed by atoms with van der Waals surface area (Å²) < 4.78 is 7.81. The van der Waals surface area contributed by atoms with Gasteiger partial charge in [0.1, 0.15) is 18.1 Å². The van der Waals surface area contributed by atoms with Crippen molar-refractivity contribution in [3.8, 4) is 5.75 Å². The quantitative estimate of drug-likeness (QED) is 0.525. The number of fused-ring (bicyclic) bond motifs is 1. The maximum Gasteiger partial charge on any atom is 0.272 e. The number of aryl methyl sites for hydroxylation is 1. The standard InChI is InChI=1S/C23H21N3O2/c1-2-26-21-12-4-3-8-17(21)14-22(26)23(27)25-18-10-7-11-20(15-18)28-16-19-9-5-6-13-24-19/h3-15H,2,16H2,1H3,(H,25,27). The van der Waals surface area contributed by atoms with Gasteiger partial charge in [-0.2, -0.15) is 0 Å². The van der Waals surface area contributed by atoms with Crippen molar-refractivity contribution in [2.75, 3.05) is 5.32 Å². The zero-order valence-corrected chi connectivity index (χ0v) is 15.6. The first-order valence-corrected chi connectivity index (χ1v) is 9.27. The van der Waals surface area contributed by atoms with Gasteiger partial charge in [0.15, 0.2) is 0 Å². The molecule has 0 aliphatic rings. The molecule has 2 heterocycles. The highest BCUT2D eigenvalue weighted by Crippen LogP contribution is 2.22. The lowest BCUT2D eigenvalue weighted by atomic mass is 10.2. The molecule has 0 aliphatic carbocycles. The lowest BCUT2D eigenvalue weighted by Crippen LogP contribution is -2.16. The summed E-state index contributed by atoms with van der Waals surface area (Å²) in [7, 11) is 0. The third kappa shape index (κ3) is 3.74.